The number of ether oxygens (including phenoxy) is 8. The number of quaternary nitrogens is 2. The van der Waals surface area contributed by atoms with Crippen LogP contribution in [0, 0.1) is 0 Å². The van der Waals surface area contributed by atoms with Crippen LogP contribution in [-0.4, -0.2) is 228 Å². The van der Waals surface area contributed by atoms with E-state index in [0.717, 1.165) is 0 Å². The topological polar surface area (TPSA) is 281 Å². The lowest BCUT2D eigenvalue weighted by Gasteiger charge is -2.42. The highest BCUT2D eigenvalue weighted by Crippen LogP contribution is 2.28. The number of rotatable bonds is 23. The average Bonchev–Trinajstić information content (AvgIpc) is 3.14. The molecule has 52 heavy (non-hydrogen) atoms. The standard InChI is InChI=1S/C30H54N2O19S/c1-31(2,8-7-15-52(41,42)43)9-11-46-19-16-18(33)22(25(27(37)38)50-29(19)45-6)48-13-14-49-30-24(47-12-10-32(3,4)17-20(34)35)21(36)23(44-5)26(51-30)28(39)40/h18-19,21-26,29-30,33,36H,7-17H2,1-6H3,(H2-2,34,35,37,38,39,40,41,42,43)/p+2. The molecule has 2 saturated heterocycles. The van der Waals surface area contributed by atoms with E-state index in [0.29, 0.717) is 17.6 Å². The quantitative estimate of drug-likeness (QED) is 0.0344. The predicted octanol–water partition coefficient (Wildman–Crippen LogP) is -2.93. The average molecular weight is 781 g/mol. The fraction of sp³-hybridized carbons (Fsp3) is 0.900. The van der Waals surface area contributed by atoms with E-state index in [1.54, 1.807) is 14.1 Å². The number of methoxy groups -OCH3 is 2. The first-order chi connectivity index (χ1) is 24.1. The maximum atomic E-state index is 12.2. The maximum Gasteiger partial charge on any atom is 0.359 e. The van der Waals surface area contributed by atoms with Crippen molar-refractivity contribution in [2.24, 2.45) is 0 Å². The van der Waals surface area contributed by atoms with Crippen LogP contribution in [0.5, 0.6) is 0 Å². The molecule has 0 bridgehead atoms. The van der Waals surface area contributed by atoms with Gasteiger partial charge in [0.2, 0.25) is 0 Å². The van der Waals surface area contributed by atoms with Crippen LogP contribution < -0.4 is 0 Å². The van der Waals surface area contributed by atoms with Gasteiger partial charge in [-0.25, -0.2) is 14.4 Å². The highest BCUT2D eigenvalue weighted by molar-refractivity contribution is 7.85. The summed E-state index contributed by atoms with van der Waals surface area (Å²) in [6.45, 7) is 0.107. The third-order valence-electron chi connectivity index (χ3n) is 8.69. The van der Waals surface area contributed by atoms with E-state index in [4.69, 9.17) is 47.6 Å². The van der Waals surface area contributed by atoms with Gasteiger partial charge in [-0.05, 0) is 0 Å². The number of carboxylic acid groups (broad SMARTS) is 3. The Hall–Kier alpha value is -2.16. The summed E-state index contributed by atoms with van der Waals surface area (Å²) in [5.74, 6) is -4.32. The minimum absolute atomic E-state index is 0.0348. The summed E-state index contributed by atoms with van der Waals surface area (Å²) in [6.07, 6.45) is -14.0. The number of aliphatic hydroxyl groups is 2. The summed E-state index contributed by atoms with van der Waals surface area (Å²) in [5, 5.41) is 50.8. The van der Waals surface area contributed by atoms with Crippen molar-refractivity contribution < 1.29 is 99.7 Å². The van der Waals surface area contributed by atoms with Crippen molar-refractivity contribution >= 4 is 28.0 Å². The van der Waals surface area contributed by atoms with Gasteiger partial charge in [-0.15, -0.1) is 0 Å². The van der Waals surface area contributed by atoms with Crippen molar-refractivity contribution in [1.82, 2.24) is 0 Å². The molecule has 0 amide bonds. The SMILES string of the molecule is COC1OC(C(=O)O)C(OCCOC2OC(C(=O)O)C(OC)C(O)C2OCC[N+](C)(C)CC(=O)O)C(O)CC1OCC[N+](C)(C)CCCS(=O)(=O)O. The number of aliphatic carboxylic acids is 3. The molecular weight excluding hydrogens is 724 g/mol. The Morgan fingerprint density at radius 2 is 1.25 bits per heavy atom. The molecule has 0 aromatic carbocycles. The Bertz CT molecular complexity index is 1250. The zero-order valence-corrected chi connectivity index (χ0v) is 31.2. The van der Waals surface area contributed by atoms with E-state index in [1.165, 1.54) is 14.2 Å². The van der Waals surface area contributed by atoms with Gasteiger partial charge in [0.25, 0.3) is 10.1 Å². The lowest BCUT2D eigenvalue weighted by Crippen LogP contribution is -2.62. The van der Waals surface area contributed by atoms with Gasteiger partial charge in [-0.3, -0.25) is 4.55 Å². The van der Waals surface area contributed by atoms with E-state index in [9.17, 15) is 43.2 Å². The maximum absolute atomic E-state index is 12.2. The fourth-order valence-corrected chi connectivity index (χ4v) is 6.31. The lowest BCUT2D eigenvalue weighted by molar-refractivity contribution is -0.890. The zero-order valence-electron chi connectivity index (χ0n) is 30.3. The predicted molar refractivity (Wildman–Crippen MR) is 175 cm³/mol. The molecule has 0 saturated carbocycles. The number of nitrogens with zero attached hydrogens (tertiary/aromatic N) is 2. The monoisotopic (exact) mass is 780 g/mol. The molecule has 0 aliphatic carbocycles. The fourth-order valence-electron chi connectivity index (χ4n) is 5.81. The van der Waals surface area contributed by atoms with E-state index in [2.05, 4.69) is 0 Å². The van der Waals surface area contributed by atoms with Crippen LogP contribution >= 0.6 is 0 Å². The molecule has 2 aliphatic rings. The highest BCUT2D eigenvalue weighted by Gasteiger charge is 2.50. The Labute approximate surface area is 302 Å². The van der Waals surface area contributed by atoms with Crippen molar-refractivity contribution in [2.75, 3.05) is 101 Å². The molecule has 304 valence electrons. The number of aliphatic hydroxyl groups excluding tert-OH is 2. The van der Waals surface area contributed by atoms with E-state index < -0.39 is 89.4 Å². The Morgan fingerprint density at radius 1 is 0.712 bits per heavy atom. The first-order valence-electron chi connectivity index (χ1n) is 16.6. The second-order valence-electron chi connectivity index (χ2n) is 13.9. The molecule has 0 spiro atoms. The van der Waals surface area contributed by atoms with Gasteiger partial charge in [0.05, 0.1) is 73.0 Å². The van der Waals surface area contributed by atoms with Gasteiger partial charge >= 0.3 is 17.9 Å². The number of hydrogen-bond acceptors (Lipinski definition) is 15. The van der Waals surface area contributed by atoms with Gasteiger partial charge in [-0.2, -0.15) is 8.42 Å². The van der Waals surface area contributed by atoms with Gasteiger partial charge in [0.15, 0.2) is 31.3 Å². The molecule has 0 aromatic rings. The lowest BCUT2D eigenvalue weighted by atomic mass is 9.98. The Balaban J connectivity index is 2.07. The molecule has 22 heteroatoms. The van der Waals surface area contributed by atoms with Crippen LogP contribution in [-0.2, 0) is 62.4 Å². The minimum Gasteiger partial charge on any atom is -0.479 e. The van der Waals surface area contributed by atoms with Gasteiger partial charge in [-0.1, -0.05) is 0 Å². The summed E-state index contributed by atoms with van der Waals surface area (Å²) in [7, 11) is 5.36. The second kappa shape index (κ2) is 20.5. The molecule has 0 radical (unpaired) electrons. The van der Waals surface area contributed by atoms with Crippen molar-refractivity contribution in [3.05, 3.63) is 0 Å². The Morgan fingerprint density at radius 3 is 1.81 bits per heavy atom. The van der Waals surface area contributed by atoms with Crippen LogP contribution in [0.2, 0.25) is 0 Å². The molecule has 6 N–H and O–H groups in total. The molecule has 2 fully saturated rings. The Kier molecular flexibility index (Phi) is 18.1. The van der Waals surface area contributed by atoms with E-state index in [-0.39, 0.29) is 62.6 Å². The van der Waals surface area contributed by atoms with E-state index in [1.807, 2.05) is 14.1 Å². The van der Waals surface area contributed by atoms with Crippen LogP contribution in [0.4, 0.5) is 0 Å². The summed E-state index contributed by atoms with van der Waals surface area (Å²) in [6, 6.07) is 0. The summed E-state index contributed by atoms with van der Waals surface area (Å²) in [4.78, 5) is 35.3. The van der Waals surface area contributed by atoms with Crippen LogP contribution in [0.1, 0.15) is 12.8 Å². The minimum atomic E-state index is -4.09. The third kappa shape index (κ3) is 14.9. The van der Waals surface area contributed by atoms with Gasteiger partial charge in [0, 0.05) is 27.1 Å². The normalized spacial score (nSPS) is 30.5. The molecule has 2 rings (SSSR count). The molecule has 10 unspecified atom stereocenters. The van der Waals surface area contributed by atoms with Crippen molar-refractivity contribution in [3.63, 3.8) is 0 Å². The highest BCUT2D eigenvalue weighted by atomic mass is 32.2. The number of likely N-dealkylation sites (N-methyl/N-ethyl adjacent to an activating group) is 2. The molecule has 2 heterocycles. The number of carbonyl (C=O) groups is 3. The first-order valence-corrected chi connectivity index (χ1v) is 18.2. The smallest absolute Gasteiger partial charge is 0.359 e. The van der Waals surface area contributed by atoms with Crippen molar-refractivity contribution in [3.8, 4) is 0 Å². The molecular formula is C30H56N2O19S+2. The van der Waals surface area contributed by atoms with Gasteiger partial charge in [0.1, 0.15) is 43.6 Å². The van der Waals surface area contributed by atoms with E-state index >= 15 is 0 Å². The molecule has 2 aliphatic heterocycles. The molecule has 0 aromatic heterocycles. The summed E-state index contributed by atoms with van der Waals surface area (Å²) < 4.78 is 76.4. The number of hydrogen-bond donors (Lipinski definition) is 6. The van der Waals surface area contributed by atoms with Crippen LogP contribution in [0.3, 0.4) is 0 Å². The van der Waals surface area contributed by atoms with Crippen molar-refractivity contribution in [2.45, 2.75) is 74.3 Å². The first kappa shape index (κ1) is 46.0. The largest absolute Gasteiger partial charge is 0.479 e. The summed E-state index contributed by atoms with van der Waals surface area (Å²) >= 11 is 0. The second-order valence-corrected chi connectivity index (χ2v) is 15.5. The van der Waals surface area contributed by atoms with Crippen LogP contribution in [0.25, 0.3) is 0 Å². The van der Waals surface area contributed by atoms with Gasteiger partial charge < -0.3 is 72.4 Å². The van der Waals surface area contributed by atoms with Crippen molar-refractivity contribution in [1.29, 1.82) is 0 Å². The summed E-state index contributed by atoms with van der Waals surface area (Å²) in [5.41, 5.74) is 0. The number of carboxylic acids is 3. The third-order valence-corrected chi connectivity index (χ3v) is 9.49. The molecule has 21 nitrogen and oxygen atoms in total. The zero-order chi connectivity index (χ0) is 39.4. The molecule has 10 atom stereocenters. The van der Waals surface area contributed by atoms with Crippen LogP contribution in [0.15, 0.2) is 0 Å².